The summed E-state index contributed by atoms with van der Waals surface area (Å²) in [6, 6.07) is 3.70. The van der Waals surface area contributed by atoms with E-state index in [1.807, 2.05) is 22.9 Å². The molecule has 0 saturated carbocycles. The molecule has 5 heteroatoms. The molecule has 92 valence electrons. The van der Waals surface area contributed by atoms with Crippen LogP contribution in [0.2, 0.25) is 0 Å². The monoisotopic (exact) mass is 235 g/mol. The lowest BCUT2D eigenvalue weighted by Crippen LogP contribution is -2.48. The van der Waals surface area contributed by atoms with Crippen molar-refractivity contribution in [3.05, 3.63) is 24.0 Å². The van der Waals surface area contributed by atoms with E-state index in [4.69, 9.17) is 4.74 Å². The van der Waals surface area contributed by atoms with Gasteiger partial charge < -0.3 is 14.6 Å². The van der Waals surface area contributed by atoms with Crippen LogP contribution in [0.1, 0.15) is 10.5 Å². The van der Waals surface area contributed by atoms with Gasteiger partial charge in [-0.15, -0.1) is 0 Å². The first-order chi connectivity index (χ1) is 8.33. The lowest BCUT2D eigenvalue weighted by atomic mass is 10.2. The average Bonchev–Trinajstić information content (AvgIpc) is 2.79. The van der Waals surface area contributed by atoms with Crippen LogP contribution in [0.3, 0.4) is 0 Å². The van der Waals surface area contributed by atoms with Crippen molar-refractivity contribution in [2.24, 2.45) is 0 Å². The lowest BCUT2D eigenvalue weighted by molar-refractivity contribution is 0.00431. The number of hydrogen-bond donors (Lipinski definition) is 1. The highest BCUT2D eigenvalue weighted by Gasteiger charge is 2.27. The van der Waals surface area contributed by atoms with E-state index in [9.17, 15) is 4.79 Å². The molecule has 3 heterocycles. The third-order valence-corrected chi connectivity index (χ3v) is 3.38. The summed E-state index contributed by atoms with van der Waals surface area (Å²) in [7, 11) is 0. The molecule has 0 aromatic carbocycles. The highest BCUT2D eigenvalue weighted by Crippen LogP contribution is 2.15. The van der Waals surface area contributed by atoms with Gasteiger partial charge in [0, 0.05) is 38.9 Å². The molecule has 0 amide bonds. The first-order valence-corrected chi connectivity index (χ1v) is 6.12. The molecule has 2 aliphatic heterocycles. The fraction of sp³-hybridized carbons (Fsp3) is 0.583. The summed E-state index contributed by atoms with van der Waals surface area (Å²) in [5.74, 6) is -0.193. The van der Waals surface area contributed by atoms with E-state index in [1.165, 1.54) is 0 Å². The molecule has 1 saturated heterocycles. The minimum atomic E-state index is -0.193. The highest BCUT2D eigenvalue weighted by atomic mass is 16.5. The summed E-state index contributed by atoms with van der Waals surface area (Å²) in [5.41, 5.74) is 0.668. The van der Waals surface area contributed by atoms with Crippen molar-refractivity contribution in [2.45, 2.75) is 12.6 Å². The predicted octanol–water partition coefficient (Wildman–Crippen LogP) is -0.0677. The number of nitrogens with zero attached hydrogens (tertiary/aromatic N) is 2. The van der Waals surface area contributed by atoms with Crippen molar-refractivity contribution in [2.75, 3.05) is 32.7 Å². The maximum atomic E-state index is 11.7. The van der Waals surface area contributed by atoms with E-state index >= 15 is 0 Å². The Hall–Kier alpha value is -1.33. The number of carbonyl (C=O) groups is 1. The Bertz CT molecular complexity index is 410. The minimum Gasteiger partial charge on any atom is -0.454 e. The van der Waals surface area contributed by atoms with E-state index in [0.717, 1.165) is 39.3 Å². The zero-order chi connectivity index (χ0) is 11.7. The van der Waals surface area contributed by atoms with E-state index in [2.05, 4.69) is 10.2 Å². The highest BCUT2D eigenvalue weighted by molar-refractivity contribution is 5.88. The summed E-state index contributed by atoms with van der Waals surface area (Å²) in [4.78, 5) is 14.1. The predicted molar refractivity (Wildman–Crippen MR) is 62.9 cm³/mol. The zero-order valence-corrected chi connectivity index (χ0v) is 9.76. The molecular weight excluding hydrogens is 218 g/mol. The Labute approximate surface area is 100 Å². The summed E-state index contributed by atoms with van der Waals surface area (Å²) < 4.78 is 7.44. The third-order valence-electron chi connectivity index (χ3n) is 3.38. The van der Waals surface area contributed by atoms with E-state index in [-0.39, 0.29) is 12.1 Å². The third kappa shape index (κ3) is 2.21. The molecule has 0 aliphatic carbocycles. The quantitative estimate of drug-likeness (QED) is 0.729. The van der Waals surface area contributed by atoms with E-state index in [0.29, 0.717) is 5.69 Å². The molecule has 2 aliphatic rings. The number of fused-ring (bicyclic) bond motifs is 1. The molecule has 1 aromatic heterocycles. The van der Waals surface area contributed by atoms with Crippen LogP contribution in [-0.4, -0.2) is 54.3 Å². The van der Waals surface area contributed by atoms with Gasteiger partial charge in [0.15, 0.2) is 0 Å². The molecule has 1 fully saturated rings. The van der Waals surface area contributed by atoms with Crippen LogP contribution in [0.15, 0.2) is 18.3 Å². The van der Waals surface area contributed by atoms with Crippen molar-refractivity contribution in [1.82, 2.24) is 14.8 Å². The summed E-state index contributed by atoms with van der Waals surface area (Å²) in [5, 5.41) is 3.32. The Morgan fingerprint density at radius 2 is 2.24 bits per heavy atom. The van der Waals surface area contributed by atoms with Crippen molar-refractivity contribution >= 4 is 5.97 Å². The smallest absolute Gasteiger partial charge is 0.355 e. The van der Waals surface area contributed by atoms with Gasteiger partial charge in [-0.2, -0.15) is 0 Å². The number of piperazine rings is 1. The number of ether oxygens (including phenoxy) is 1. The van der Waals surface area contributed by atoms with Crippen molar-refractivity contribution < 1.29 is 9.53 Å². The molecule has 1 aromatic rings. The number of aromatic nitrogens is 1. The van der Waals surface area contributed by atoms with Crippen LogP contribution in [0.25, 0.3) is 0 Å². The normalized spacial score (nSPS) is 25.4. The van der Waals surface area contributed by atoms with Gasteiger partial charge >= 0.3 is 5.97 Å². The number of nitrogens with one attached hydrogen (secondary N) is 1. The largest absolute Gasteiger partial charge is 0.454 e. The van der Waals surface area contributed by atoms with Crippen LogP contribution in [0.4, 0.5) is 0 Å². The second kappa shape index (κ2) is 4.50. The molecule has 17 heavy (non-hydrogen) atoms. The topological polar surface area (TPSA) is 46.5 Å². The Morgan fingerprint density at radius 1 is 1.41 bits per heavy atom. The Morgan fingerprint density at radius 3 is 3.06 bits per heavy atom. The summed E-state index contributed by atoms with van der Waals surface area (Å²) >= 11 is 0. The molecule has 1 atom stereocenters. The van der Waals surface area contributed by atoms with Gasteiger partial charge in [0.05, 0.1) is 6.54 Å². The minimum absolute atomic E-state index is 0.0134. The van der Waals surface area contributed by atoms with Gasteiger partial charge in [-0.1, -0.05) is 0 Å². The molecule has 1 N–H and O–H groups in total. The first-order valence-electron chi connectivity index (χ1n) is 6.12. The van der Waals surface area contributed by atoms with Gasteiger partial charge in [-0.3, -0.25) is 4.90 Å². The van der Waals surface area contributed by atoms with Crippen LogP contribution < -0.4 is 5.32 Å². The number of rotatable bonds is 2. The molecule has 0 radical (unpaired) electrons. The molecule has 3 rings (SSSR count). The van der Waals surface area contributed by atoms with Gasteiger partial charge in [-0.05, 0) is 12.1 Å². The summed E-state index contributed by atoms with van der Waals surface area (Å²) in [6.45, 7) is 5.73. The van der Waals surface area contributed by atoms with Crippen LogP contribution in [0.5, 0.6) is 0 Å². The van der Waals surface area contributed by atoms with Gasteiger partial charge in [0.1, 0.15) is 11.8 Å². The summed E-state index contributed by atoms with van der Waals surface area (Å²) in [6.07, 6.45) is 1.93. The average molecular weight is 235 g/mol. The van der Waals surface area contributed by atoms with Crippen LogP contribution in [-0.2, 0) is 11.3 Å². The SMILES string of the molecule is O=C1OC(CN2CCNCC2)Cn2cccc21. The van der Waals surface area contributed by atoms with Crippen LogP contribution >= 0.6 is 0 Å². The van der Waals surface area contributed by atoms with Crippen LogP contribution in [0, 0.1) is 0 Å². The molecule has 5 nitrogen and oxygen atoms in total. The lowest BCUT2D eigenvalue weighted by Gasteiger charge is -2.32. The molecule has 0 bridgehead atoms. The first kappa shape index (κ1) is 10.8. The zero-order valence-electron chi connectivity index (χ0n) is 9.76. The molecule has 0 spiro atoms. The second-order valence-electron chi connectivity index (χ2n) is 4.62. The van der Waals surface area contributed by atoms with Gasteiger partial charge in [-0.25, -0.2) is 4.79 Å². The molecular formula is C12H17N3O2. The van der Waals surface area contributed by atoms with E-state index in [1.54, 1.807) is 0 Å². The number of carbonyl (C=O) groups excluding carboxylic acids is 1. The number of esters is 1. The van der Waals surface area contributed by atoms with Crippen molar-refractivity contribution in [1.29, 1.82) is 0 Å². The van der Waals surface area contributed by atoms with Crippen molar-refractivity contribution in [3.8, 4) is 0 Å². The maximum Gasteiger partial charge on any atom is 0.355 e. The fourth-order valence-corrected chi connectivity index (χ4v) is 2.50. The fourth-order valence-electron chi connectivity index (χ4n) is 2.50. The number of cyclic esters (lactones) is 1. The number of hydrogen-bond acceptors (Lipinski definition) is 4. The van der Waals surface area contributed by atoms with Crippen molar-refractivity contribution in [3.63, 3.8) is 0 Å². The maximum absolute atomic E-state index is 11.7. The molecule has 1 unspecified atom stereocenters. The van der Waals surface area contributed by atoms with Gasteiger partial charge in [0.25, 0.3) is 0 Å². The Kier molecular flexibility index (Phi) is 2.86. The standard InChI is InChI=1S/C12H17N3O2/c16-12-11-2-1-5-15(11)9-10(17-12)8-14-6-3-13-4-7-14/h1-2,5,10,13H,3-4,6-9H2. The second-order valence-corrected chi connectivity index (χ2v) is 4.62. The Balaban J connectivity index is 1.64. The van der Waals surface area contributed by atoms with Gasteiger partial charge in [0.2, 0.25) is 0 Å². The van der Waals surface area contributed by atoms with E-state index < -0.39 is 0 Å².